The van der Waals surface area contributed by atoms with E-state index in [1.807, 2.05) is 0 Å². The average molecular weight is 529 g/mol. The van der Waals surface area contributed by atoms with Gasteiger partial charge in [0.05, 0.1) is 15.5 Å². The molecule has 174 valence electrons. The molecule has 0 heterocycles. The third-order valence-electron chi connectivity index (χ3n) is 4.53. The first kappa shape index (κ1) is 24.1. The fourth-order valence-corrected chi connectivity index (χ4v) is 3.45. The fourth-order valence-electron chi connectivity index (χ4n) is 2.92. The summed E-state index contributed by atoms with van der Waals surface area (Å²) in [4.78, 5) is 45.5. The number of non-ortho nitro benzene ring substituents is 2. The van der Waals surface area contributed by atoms with E-state index in [0.29, 0.717) is 21.4 Å². The van der Waals surface area contributed by atoms with Gasteiger partial charge >= 0.3 is 12.1 Å². The van der Waals surface area contributed by atoms with Crippen molar-refractivity contribution < 1.29 is 19.4 Å². The summed E-state index contributed by atoms with van der Waals surface area (Å²) in [6, 6.07) is 12.9. The minimum atomic E-state index is -0.650. The van der Waals surface area contributed by atoms with E-state index in [4.69, 9.17) is 0 Å². The standard InChI is InChI=1S/C21H17BrN6O6/c1-12-18(25-20(29)23-13-4-2-6-15(10-13)27(31)32)9-8-17(22)19(12)26-21(30)24-14-5-3-7-16(11-14)28(33)34/h2-11H,1H3,(H2,23,25,29)(H2,24,26,30). The number of hydrogen-bond donors (Lipinski definition) is 4. The van der Waals surface area contributed by atoms with Gasteiger partial charge in [0, 0.05) is 45.8 Å². The Bertz CT molecular complexity index is 1300. The summed E-state index contributed by atoms with van der Waals surface area (Å²) < 4.78 is 0.531. The molecule has 12 nitrogen and oxygen atoms in total. The van der Waals surface area contributed by atoms with Gasteiger partial charge in [-0.3, -0.25) is 20.2 Å². The number of nitrogens with zero attached hydrogens (tertiary/aromatic N) is 2. The maximum atomic E-state index is 12.5. The van der Waals surface area contributed by atoms with Crippen molar-refractivity contribution >= 4 is 62.1 Å². The molecule has 0 aromatic heterocycles. The highest BCUT2D eigenvalue weighted by molar-refractivity contribution is 9.10. The number of urea groups is 2. The minimum absolute atomic E-state index is 0.168. The lowest BCUT2D eigenvalue weighted by Crippen LogP contribution is -2.22. The van der Waals surface area contributed by atoms with Crippen molar-refractivity contribution in [3.63, 3.8) is 0 Å². The number of benzene rings is 3. The average Bonchev–Trinajstić information content (AvgIpc) is 2.79. The van der Waals surface area contributed by atoms with E-state index in [0.717, 1.165) is 0 Å². The van der Waals surface area contributed by atoms with Gasteiger partial charge in [0.1, 0.15) is 0 Å². The third-order valence-corrected chi connectivity index (χ3v) is 5.19. The van der Waals surface area contributed by atoms with Crippen LogP contribution in [0.25, 0.3) is 0 Å². The van der Waals surface area contributed by atoms with E-state index in [9.17, 15) is 29.8 Å². The van der Waals surface area contributed by atoms with Crippen LogP contribution in [0.2, 0.25) is 0 Å². The first-order valence-electron chi connectivity index (χ1n) is 9.58. The highest BCUT2D eigenvalue weighted by Gasteiger charge is 2.15. The fraction of sp³-hybridized carbons (Fsp3) is 0.0476. The predicted octanol–water partition coefficient (Wildman–Crippen LogP) is 5.86. The lowest BCUT2D eigenvalue weighted by molar-refractivity contribution is -0.385. The molecule has 3 aromatic rings. The van der Waals surface area contributed by atoms with Gasteiger partial charge in [0.2, 0.25) is 0 Å². The van der Waals surface area contributed by atoms with Gasteiger partial charge in [0.25, 0.3) is 11.4 Å². The van der Waals surface area contributed by atoms with Gasteiger partial charge in [-0.2, -0.15) is 0 Å². The molecule has 4 amide bonds. The molecule has 4 N–H and O–H groups in total. The molecular weight excluding hydrogens is 512 g/mol. The Hall–Kier alpha value is -4.52. The van der Waals surface area contributed by atoms with Gasteiger partial charge in [-0.25, -0.2) is 9.59 Å². The highest BCUT2D eigenvalue weighted by atomic mass is 79.9. The second kappa shape index (κ2) is 10.4. The van der Waals surface area contributed by atoms with Crippen LogP contribution in [0.15, 0.2) is 65.1 Å². The number of carbonyl (C=O) groups excluding carboxylic acids is 2. The first-order chi connectivity index (χ1) is 16.1. The number of halogens is 1. The molecule has 0 aliphatic carbocycles. The van der Waals surface area contributed by atoms with Crippen LogP contribution in [0, 0.1) is 27.2 Å². The van der Waals surface area contributed by atoms with E-state index in [1.54, 1.807) is 19.1 Å². The molecule has 0 fully saturated rings. The summed E-state index contributed by atoms with van der Waals surface area (Å²) >= 11 is 3.34. The monoisotopic (exact) mass is 528 g/mol. The molecule has 0 saturated carbocycles. The number of amides is 4. The van der Waals surface area contributed by atoms with Gasteiger partial charge in [-0.15, -0.1) is 0 Å². The quantitative estimate of drug-likeness (QED) is 0.230. The van der Waals surface area contributed by atoms with Gasteiger partial charge < -0.3 is 21.3 Å². The van der Waals surface area contributed by atoms with Crippen LogP contribution in [0.1, 0.15) is 5.56 Å². The molecule has 0 bridgehead atoms. The lowest BCUT2D eigenvalue weighted by Gasteiger charge is -2.16. The Morgan fingerprint density at radius 3 is 1.76 bits per heavy atom. The molecule has 34 heavy (non-hydrogen) atoms. The molecule has 3 rings (SSSR count). The van der Waals surface area contributed by atoms with Crippen LogP contribution in [-0.2, 0) is 0 Å². The Morgan fingerprint density at radius 1 is 0.765 bits per heavy atom. The number of nitrogens with one attached hydrogen (secondary N) is 4. The normalized spacial score (nSPS) is 10.2. The highest BCUT2D eigenvalue weighted by Crippen LogP contribution is 2.32. The van der Waals surface area contributed by atoms with E-state index in [-0.39, 0.29) is 22.7 Å². The molecule has 0 aliphatic heterocycles. The number of rotatable bonds is 6. The summed E-state index contributed by atoms with van der Waals surface area (Å²) in [5.41, 5.74) is 1.36. The van der Waals surface area contributed by atoms with Crippen LogP contribution < -0.4 is 21.3 Å². The molecule has 0 saturated heterocycles. The van der Waals surface area contributed by atoms with Gasteiger partial charge in [-0.05, 0) is 52.7 Å². The number of nitro benzene ring substituents is 2. The van der Waals surface area contributed by atoms with Crippen LogP contribution >= 0.6 is 15.9 Å². The molecule has 0 spiro atoms. The van der Waals surface area contributed by atoms with Crippen LogP contribution in [-0.4, -0.2) is 21.9 Å². The first-order valence-corrected chi connectivity index (χ1v) is 10.4. The SMILES string of the molecule is Cc1c(NC(=O)Nc2cccc([N+](=O)[O-])c2)ccc(Br)c1NC(=O)Nc1cccc([N+](=O)[O-])c1. The number of anilines is 4. The molecule has 0 aliphatic rings. The molecule has 3 aromatic carbocycles. The zero-order chi connectivity index (χ0) is 24.8. The van der Waals surface area contributed by atoms with Crippen molar-refractivity contribution in [3.05, 3.63) is 90.9 Å². The third kappa shape index (κ3) is 6.04. The Morgan fingerprint density at radius 2 is 1.26 bits per heavy atom. The summed E-state index contributed by atoms with van der Waals surface area (Å²) in [5, 5.41) is 32.1. The van der Waals surface area contributed by atoms with Gasteiger partial charge in [0.15, 0.2) is 0 Å². The van der Waals surface area contributed by atoms with Crippen molar-refractivity contribution in [2.75, 3.05) is 21.3 Å². The van der Waals surface area contributed by atoms with Crippen LogP contribution in [0.5, 0.6) is 0 Å². The van der Waals surface area contributed by atoms with E-state index < -0.39 is 21.9 Å². The summed E-state index contributed by atoms with van der Waals surface area (Å²) in [5.74, 6) is 0. The largest absolute Gasteiger partial charge is 0.323 e. The topological polar surface area (TPSA) is 169 Å². The molecule has 0 atom stereocenters. The van der Waals surface area contributed by atoms with Crippen molar-refractivity contribution in [2.45, 2.75) is 6.92 Å². The molecule has 0 radical (unpaired) electrons. The van der Waals surface area contributed by atoms with Crippen molar-refractivity contribution in [1.29, 1.82) is 0 Å². The number of hydrogen-bond acceptors (Lipinski definition) is 6. The van der Waals surface area contributed by atoms with Crippen molar-refractivity contribution in [2.24, 2.45) is 0 Å². The Balaban J connectivity index is 1.71. The Labute approximate surface area is 200 Å². The summed E-state index contributed by atoms with van der Waals surface area (Å²) in [6.45, 7) is 1.66. The predicted molar refractivity (Wildman–Crippen MR) is 130 cm³/mol. The second-order valence-corrected chi connectivity index (χ2v) is 7.72. The number of carbonyl (C=O) groups is 2. The molecule has 13 heteroatoms. The maximum absolute atomic E-state index is 12.5. The van der Waals surface area contributed by atoms with Crippen molar-refractivity contribution in [3.8, 4) is 0 Å². The zero-order valence-corrected chi connectivity index (χ0v) is 19.1. The maximum Gasteiger partial charge on any atom is 0.323 e. The van der Waals surface area contributed by atoms with Crippen LogP contribution in [0.3, 0.4) is 0 Å². The van der Waals surface area contributed by atoms with Crippen molar-refractivity contribution in [1.82, 2.24) is 0 Å². The second-order valence-electron chi connectivity index (χ2n) is 6.87. The minimum Gasteiger partial charge on any atom is -0.307 e. The molecule has 0 unspecified atom stereocenters. The Kier molecular flexibility index (Phi) is 7.38. The van der Waals surface area contributed by atoms with E-state index in [2.05, 4.69) is 37.2 Å². The summed E-state index contributed by atoms with van der Waals surface area (Å²) in [7, 11) is 0. The summed E-state index contributed by atoms with van der Waals surface area (Å²) in [6.07, 6.45) is 0. The van der Waals surface area contributed by atoms with Gasteiger partial charge in [-0.1, -0.05) is 12.1 Å². The van der Waals surface area contributed by atoms with E-state index >= 15 is 0 Å². The van der Waals surface area contributed by atoms with E-state index in [1.165, 1.54) is 48.5 Å². The smallest absolute Gasteiger partial charge is 0.307 e. The molecular formula is C21H17BrN6O6. The lowest BCUT2D eigenvalue weighted by atomic mass is 10.1. The van der Waals surface area contributed by atoms with Crippen LogP contribution in [0.4, 0.5) is 43.7 Å². The number of nitro groups is 2. The zero-order valence-electron chi connectivity index (χ0n) is 17.5.